The molecule has 2 heterocycles. The molecule has 134 valence electrons. The average molecular weight is 362 g/mol. The van der Waals surface area contributed by atoms with Gasteiger partial charge in [-0.15, -0.1) is 12.4 Å². The molecule has 25 heavy (non-hydrogen) atoms. The van der Waals surface area contributed by atoms with E-state index in [1.54, 1.807) is 15.9 Å². The summed E-state index contributed by atoms with van der Waals surface area (Å²) in [5.74, 6) is 0.458. The van der Waals surface area contributed by atoms with Crippen LogP contribution in [0.4, 0.5) is 0 Å². The summed E-state index contributed by atoms with van der Waals surface area (Å²) >= 11 is 0. The lowest BCUT2D eigenvalue weighted by Crippen LogP contribution is -2.34. The summed E-state index contributed by atoms with van der Waals surface area (Å²) < 4.78 is 0. The van der Waals surface area contributed by atoms with E-state index in [2.05, 4.69) is 15.5 Å². The molecule has 1 saturated heterocycles. The molecule has 1 spiro atoms. The Morgan fingerprint density at radius 2 is 2.04 bits per heavy atom. The largest absolute Gasteiger partial charge is 0.339 e. The van der Waals surface area contributed by atoms with E-state index in [0.717, 1.165) is 43.7 Å². The number of nitrogens with one attached hydrogen (secondary N) is 1. The minimum Gasteiger partial charge on any atom is -0.339 e. The van der Waals surface area contributed by atoms with Crippen LogP contribution < -0.4 is 5.32 Å². The Morgan fingerprint density at radius 1 is 1.32 bits per heavy atom. The molecule has 1 aromatic heterocycles. The van der Waals surface area contributed by atoms with E-state index in [0.29, 0.717) is 6.54 Å². The van der Waals surface area contributed by atoms with Crippen LogP contribution in [-0.2, 0) is 11.3 Å². The van der Waals surface area contributed by atoms with E-state index in [1.165, 1.54) is 0 Å². The van der Waals surface area contributed by atoms with Crippen molar-refractivity contribution in [3.63, 3.8) is 0 Å². The average Bonchev–Trinajstić information content (AvgIpc) is 3.09. The van der Waals surface area contributed by atoms with Crippen LogP contribution in [0.25, 0.3) is 5.69 Å². The molecule has 1 unspecified atom stereocenters. The number of nitrogens with zero attached hydrogens (tertiary/aromatic N) is 4. The molecule has 1 aliphatic carbocycles. The molecule has 2 aromatic rings. The van der Waals surface area contributed by atoms with Crippen LogP contribution in [0, 0.1) is 11.3 Å². The maximum absolute atomic E-state index is 12.7. The number of piperidine rings is 1. The van der Waals surface area contributed by atoms with Gasteiger partial charge in [-0.25, -0.2) is 0 Å². The van der Waals surface area contributed by atoms with Gasteiger partial charge in [-0.2, -0.15) is 15.0 Å². The second-order valence-corrected chi connectivity index (χ2v) is 7.02. The molecular weight excluding hydrogens is 338 g/mol. The van der Waals surface area contributed by atoms with Gasteiger partial charge in [0.1, 0.15) is 5.69 Å². The highest BCUT2D eigenvalue weighted by Gasteiger charge is 2.58. The van der Waals surface area contributed by atoms with Crippen molar-refractivity contribution in [3.8, 4) is 5.69 Å². The first kappa shape index (κ1) is 17.9. The highest BCUT2D eigenvalue weighted by molar-refractivity contribution is 5.85. The van der Waals surface area contributed by atoms with Gasteiger partial charge in [-0.3, -0.25) is 4.79 Å². The summed E-state index contributed by atoms with van der Waals surface area (Å²) in [5.41, 5.74) is 2.02. The molecule has 0 radical (unpaired) electrons. The number of para-hydroxylation sites is 1. The van der Waals surface area contributed by atoms with E-state index in [4.69, 9.17) is 0 Å². The number of amides is 1. The number of carbonyl (C=O) groups is 1. The molecule has 4 rings (SSSR count). The SMILES string of the molecule is CN(Cc1cnn(-c2ccccc2)n1)C(=O)C1CC12CCNCC2.Cl. The number of benzene rings is 1. The lowest BCUT2D eigenvalue weighted by molar-refractivity contribution is -0.132. The summed E-state index contributed by atoms with van der Waals surface area (Å²) in [6, 6.07) is 9.80. The number of hydrogen-bond donors (Lipinski definition) is 1. The van der Waals surface area contributed by atoms with Gasteiger partial charge in [0.05, 0.1) is 18.4 Å². The fourth-order valence-electron chi connectivity index (χ4n) is 3.81. The molecule has 6 nitrogen and oxygen atoms in total. The molecule has 1 aliphatic heterocycles. The molecule has 1 amide bonds. The third kappa shape index (κ3) is 3.55. The van der Waals surface area contributed by atoms with Gasteiger partial charge in [0, 0.05) is 13.0 Å². The minimum absolute atomic E-state index is 0. The summed E-state index contributed by atoms with van der Waals surface area (Å²) in [5, 5.41) is 12.2. The Balaban J connectivity index is 0.00000182. The number of halogens is 1. The van der Waals surface area contributed by atoms with Crippen molar-refractivity contribution in [2.75, 3.05) is 20.1 Å². The zero-order chi connectivity index (χ0) is 16.6. The zero-order valence-corrected chi connectivity index (χ0v) is 15.2. The second kappa shape index (κ2) is 7.14. The molecule has 2 aliphatic rings. The van der Waals surface area contributed by atoms with Crippen molar-refractivity contribution < 1.29 is 4.79 Å². The van der Waals surface area contributed by atoms with Crippen LogP contribution in [0.2, 0.25) is 0 Å². The lowest BCUT2D eigenvalue weighted by Gasteiger charge is -2.24. The van der Waals surface area contributed by atoms with Crippen LogP contribution in [0.5, 0.6) is 0 Å². The molecule has 1 N–H and O–H groups in total. The standard InChI is InChI=1S/C18H23N5O.ClH/c1-22(17(24)16-11-18(16)7-9-19-10-8-18)13-14-12-20-23(21-14)15-5-3-2-4-6-15;/h2-6,12,16,19H,7-11,13H2,1H3;1H. The van der Waals surface area contributed by atoms with Crippen molar-refractivity contribution in [2.24, 2.45) is 11.3 Å². The first-order chi connectivity index (χ1) is 11.7. The van der Waals surface area contributed by atoms with Gasteiger partial charge >= 0.3 is 0 Å². The van der Waals surface area contributed by atoms with E-state index < -0.39 is 0 Å². The Bertz CT molecular complexity index is 726. The fraction of sp³-hybridized carbons (Fsp3) is 0.500. The lowest BCUT2D eigenvalue weighted by atomic mass is 9.91. The van der Waals surface area contributed by atoms with Gasteiger partial charge in [0.2, 0.25) is 5.91 Å². The summed E-state index contributed by atoms with van der Waals surface area (Å²) in [4.78, 5) is 16.1. The topological polar surface area (TPSA) is 63.1 Å². The van der Waals surface area contributed by atoms with E-state index in [9.17, 15) is 4.79 Å². The number of carbonyl (C=O) groups excluding carboxylic acids is 1. The Hall–Kier alpha value is -1.92. The molecular formula is C18H24ClN5O. The molecule has 1 atom stereocenters. The smallest absolute Gasteiger partial charge is 0.226 e. The first-order valence-electron chi connectivity index (χ1n) is 8.60. The highest BCUT2D eigenvalue weighted by Crippen LogP contribution is 2.59. The van der Waals surface area contributed by atoms with Crippen LogP contribution in [-0.4, -0.2) is 45.9 Å². The van der Waals surface area contributed by atoms with Crippen molar-refractivity contribution >= 4 is 18.3 Å². The van der Waals surface area contributed by atoms with Crippen LogP contribution in [0.15, 0.2) is 36.5 Å². The fourth-order valence-corrected chi connectivity index (χ4v) is 3.81. The zero-order valence-electron chi connectivity index (χ0n) is 14.4. The predicted octanol–water partition coefficient (Wildman–Crippen LogP) is 2.04. The van der Waals surface area contributed by atoms with E-state index in [-0.39, 0.29) is 29.6 Å². The van der Waals surface area contributed by atoms with Gasteiger partial charge < -0.3 is 10.2 Å². The highest BCUT2D eigenvalue weighted by atomic mass is 35.5. The predicted molar refractivity (Wildman–Crippen MR) is 97.7 cm³/mol. The third-order valence-corrected chi connectivity index (χ3v) is 5.39. The van der Waals surface area contributed by atoms with Crippen molar-refractivity contribution in [3.05, 3.63) is 42.2 Å². The van der Waals surface area contributed by atoms with Crippen LogP contribution in [0.1, 0.15) is 25.0 Å². The van der Waals surface area contributed by atoms with Crippen LogP contribution >= 0.6 is 12.4 Å². The normalized spacial score (nSPS) is 20.8. The number of rotatable bonds is 4. The van der Waals surface area contributed by atoms with Crippen molar-refractivity contribution in [2.45, 2.75) is 25.8 Å². The number of hydrogen-bond acceptors (Lipinski definition) is 4. The third-order valence-electron chi connectivity index (χ3n) is 5.39. The minimum atomic E-state index is 0. The quantitative estimate of drug-likeness (QED) is 0.905. The maximum atomic E-state index is 12.7. The molecule has 1 saturated carbocycles. The van der Waals surface area contributed by atoms with Gasteiger partial charge in [0.15, 0.2) is 0 Å². The number of aromatic nitrogens is 3. The van der Waals surface area contributed by atoms with Crippen molar-refractivity contribution in [1.29, 1.82) is 0 Å². The first-order valence-corrected chi connectivity index (χ1v) is 8.60. The Morgan fingerprint density at radius 3 is 2.76 bits per heavy atom. The van der Waals surface area contributed by atoms with Crippen molar-refractivity contribution in [1.82, 2.24) is 25.2 Å². The maximum Gasteiger partial charge on any atom is 0.226 e. The summed E-state index contributed by atoms with van der Waals surface area (Å²) in [6.45, 7) is 2.59. The molecule has 7 heteroatoms. The molecule has 0 bridgehead atoms. The van der Waals surface area contributed by atoms with E-state index >= 15 is 0 Å². The second-order valence-electron chi connectivity index (χ2n) is 7.02. The summed E-state index contributed by atoms with van der Waals surface area (Å²) in [6.07, 6.45) is 5.04. The van der Waals surface area contributed by atoms with Gasteiger partial charge in [-0.1, -0.05) is 18.2 Å². The monoisotopic (exact) mass is 361 g/mol. The summed E-state index contributed by atoms with van der Waals surface area (Å²) in [7, 11) is 1.87. The van der Waals surface area contributed by atoms with Gasteiger partial charge in [0.25, 0.3) is 0 Å². The van der Waals surface area contributed by atoms with Crippen LogP contribution in [0.3, 0.4) is 0 Å². The molecule has 2 fully saturated rings. The Kier molecular flexibility index (Phi) is 5.11. The molecule has 1 aromatic carbocycles. The van der Waals surface area contributed by atoms with E-state index in [1.807, 2.05) is 37.4 Å². The van der Waals surface area contributed by atoms with Gasteiger partial charge in [-0.05, 0) is 49.9 Å². The Labute approximate surface area is 154 Å².